The van der Waals surface area contributed by atoms with Crippen LogP contribution in [0, 0.1) is 6.92 Å². The molecule has 1 saturated heterocycles. The van der Waals surface area contributed by atoms with Gasteiger partial charge in [0.25, 0.3) is 5.91 Å². The van der Waals surface area contributed by atoms with Crippen LogP contribution >= 0.6 is 11.3 Å². The SMILES string of the molecule is Cc1c(C(=O)NCCc2ccc(N3CCCCC3)cc2)sc2nc3c(cc12)CCCC3. The standard InChI is InChI=1S/C26H31N3OS/c1-18-22-17-20-7-3-4-8-23(20)28-26(22)31-24(18)25(30)27-14-13-19-9-11-21(12-10-19)29-15-5-2-6-16-29/h9-12,17H,2-8,13-16H2,1H3,(H,27,30). The highest BCUT2D eigenvalue weighted by Gasteiger charge is 2.19. The molecule has 5 heteroatoms. The van der Waals surface area contributed by atoms with E-state index in [2.05, 4.69) is 47.5 Å². The van der Waals surface area contributed by atoms with Gasteiger partial charge in [-0.05, 0) is 93.2 Å². The van der Waals surface area contributed by atoms with Crippen molar-refractivity contribution in [3.05, 3.63) is 57.6 Å². The summed E-state index contributed by atoms with van der Waals surface area (Å²) in [5.41, 5.74) is 6.27. The largest absolute Gasteiger partial charge is 0.372 e. The maximum absolute atomic E-state index is 12.9. The fourth-order valence-corrected chi connectivity index (χ4v) is 6.00. The molecule has 1 N–H and O–H groups in total. The number of amides is 1. The molecule has 2 aromatic heterocycles. The predicted molar refractivity (Wildman–Crippen MR) is 130 cm³/mol. The van der Waals surface area contributed by atoms with Gasteiger partial charge in [0, 0.05) is 36.4 Å². The molecule has 0 atom stereocenters. The fourth-order valence-electron chi connectivity index (χ4n) is 4.90. The van der Waals surface area contributed by atoms with Crippen molar-refractivity contribution in [1.29, 1.82) is 0 Å². The average Bonchev–Trinajstić information content (AvgIpc) is 3.14. The summed E-state index contributed by atoms with van der Waals surface area (Å²) in [4.78, 5) is 22.1. The molecule has 0 unspecified atom stereocenters. The van der Waals surface area contributed by atoms with Crippen LogP contribution in [0.3, 0.4) is 0 Å². The average molecular weight is 434 g/mol. The van der Waals surface area contributed by atoms with Crippen molar-refractivity contribution in [3.63, 3.8) is 0 Å². The van der Waals surface area contributed by atoms with Crippen molar-refractivity contribution in [3.8, 4) is 0 Å². The number of rotatable bonds is 5. The van der Waals surface area contributed by atoms with Gasteiger partial charge >= 0.3 is 0 Å². The first-order valence-electron chi connectivity index (χ1n) is 11.7. The number of nitrogens with one attached hydrogen (secondary N) is 1. The molecule has 3 heterocycles. The molecule has 4 nitrogen and oxygen atoms in total. The quantitative estimate of drug-likeness (QED) is 0.582. The van der Waals surface area contributed by atoms with E-state index in [4.69, 9.17) is 4.98 Å². The molecule has 1 aromatic carbocycles. The summed E-state index contributed by atoms with van der Waals surface area (Å²) in [5.74, 6) is 0.0309. The normalized spacial score (nSPS) is 16.4. The topological polar surface area (TPSA) is 45.2 Å². The minimum atomic E-state index is 0.0309. The summed E-state index contributed by atoms with van der Waals surface area (Å²) in [5, 5.41) is 4.29. The summed E-state index contributed by atoms with van der Waals surface area (Å²) < 4.78 is 0. The maximum atomic E-state index is 12.9. The van der Waals surface area contributed by atoms with Crippen molar-refractivity contribution in [2.24, 2.45) is 0 Å². The van der Waals surface area contributed by atoms with Crippen LogP contribution in [0.5, 0.6) is 0 Å². The molecular weight excluding hydrogens is 402 g/mol. The smallest absolute Gasteiger partial charge is 0.261 e. The van der Waals surface area contributed by atoms with Crippen molar-refractivity contribution >= 4 is 33.1 Å². The summed E-state index contributed by atoms with van der Waals surface area (Å²) in [7, 11) is 0. The van der Waals surface area contributed by atoms with E-state index in [1.54, 1.807) is 11.3 Å². The number of pyridine rings is 1. The fraction of sp³-hybridized carbons (Fsp3) is 0.462. The monoisotopic (exact) mass is 433 g/mol. The number of fused-ring (bicyclic) bond motifs is 2. The zero-order valence-electron chi connectivity index (χ0n) is 18.4. The van der Waals surface area contributed by atoms with Crippen LogP contribution in [-0.4, -0.2) is 30.5 Å². The highest BCUT2D eigenvalue weighted by atomic mass is 32.1. The molecule has 1 fully saturated rings. The summed E-state index contributed by atoms with van der Waals surface area (Å²) in [6.45, 7) is 5.05. The third kappa shape index (κ3) is 4.33. The Morgan fingerprint density at radius 1 is 1.06 bits per heavy atom. The number of aryl methyl sites for hydroxylation is 3. The molecule has 1 aliphatic carbocycles. The van der Waals surface area contributed by atoms with Gasteiger partial charge in [0.2, 0.25) is 0 Å². The van der Waals surface area contributed by atoms with Gasteiger partial charge in [0.1, 0.15) is 4.83 Å². The Hall–Kier alpha value is -2.40. The summed E-state index contributed by atoms with van der Waals surface area (Å²) in [6.07, 6.45) is 9.45. The molecule has 2 aliphatic rings. The maximum Gasteiger partial charge on any atom is 0.261 e. The molecule has 0 bridgehead atoms. The molecule has 0 radical (unpaired) electrons. The molecule has 162 valence electrons. The van der Waals surface area contributed by atoms with Gasteiger partial charge in [-0.3, -0.25) is 4.79 Å². The van der Waals surface area contributed by atoms with Crippen LogP contribution in [-0.2, 0) is 19.3 Å². The first-order valence-corrected chi connectivity index (χ1v) is 12.5. The van der Waals surface area contributed by atoms with Gasteiger partial charge in [0.05, 0.1) is 4.88 Å². The predicted octanol–water partition coefficient (Wildman–Crippen LogP) is 5.45. The van der Waals surface area contributed by atoms with E-state index in [1.807, 2.05) is 0 Å². The van der Waals surface area contributed by atoms with E-state index in [0.717, 1.165) is 39.9 Å². The van der Waals surface area contributed by atoms with E-state index in [1.165, 1.54) is 67.7 Å². The number of carbonyl (C=O) groups is 1. The highest BCUT2D eigenvalue weighted by Crippen LogP contribution is 2.33. The Kier molecular flexibility index (Phi) is 5.95. The molecule has 1 aliphatic heterocycles. The van der Waals surface area contributed by atoms with Gasteiger partial charge in [0.15, 0.2) is 0 Å². The zero-order chi connectivity index (χ0) is 21.2. The number of aromatic nitrogens is 1. The second-order valence-corrected chi connectivity index (χ2v) is 9.93. The lowest BCUT2D eigenvalue weighted by molar-refractivity contribution is 0.0957. The van der Waals surface area contributed by atoms with Crippen LogP contribution in [0.1, 0.15) is 64.2 Å². The lowest BCUT2D eigenvalue weighted by Crippen LogP contribution is -2.29. The molecule has 0 spiro atoms. The number of piperidine rings is 1. The van der Waals surface area contributed by atoms with E-state index in [-0.39, 0.29) is 5.91 Å². The summed E-state index contributed by atoms with van der Waals surface area (Å²) >= 11 is 1.54. The first-order chi connectivity index (χ1) is 15.2. The molecule has 5 rings (SSSR count). The van der Waals surface area contributed by atoms with Crippen LogP contribution in [0.4, 0.5) is 5.69 Å². The number of hydrogen-bond donors (Lipinski definition) is 1. The van der Waals surface area contributed by atoms with Crippen molar-refractivity contribution in [2.45, 2.75) is 58.3 Å². The molecule has 1 amide bonds. The molecule has 31 heavy (non-hydrogen) atoms. The minimum Gasteiger partial charge on any atom is -0.372 e. The Morgan fingerprint density at radius 2 is 1.84 bits per heavy atom. The van der Waals surface area contributed by atoms with E-state index in [9.17, 15) is 4.79 Å². The molecule has 3 aromatic rings. The third-order valence-corrected chi connectivity index (χ3v) is 7.97. The lowest BCUT2D eigenvalue weighted by atomic mass is 9.95. The number of carbonyl (C=O) groups excluding carboxylic acids is 1. The van der Waals surface area contributed by atoms with E-state index < -0.39 is 0 Å². The van der Waals surface area contributed by atoms with Crippen LogP contribution < -0.4 is 10.2 Å². The third-order valence-electron chi connectivity index (χ3n) is 6.77. The van der Waals surface area contributed by atoms with Gasteiger partial charge < -0.3 is 10.2 Å². The van der Waals surface area contributed by atoms with Crippen LogP contribution in [0.2, 0.25) is 0 Å². The molecule has 0 saturated carbocycles. The van der Waals surface area contributed by atoms with Gasteiger partial charge in [-0.25, -0.2) is 4.98 Å². The molecular formula is C26H31N3OS. The Bertz CT molecular complexity index is 1080. The number of thiophene rings is 1. The lowest BCUT2D eigenvalue weighted by Gasteiger charge is -2.28. The van der Waals surface area contributed by atoms with Crippen molar-refractivity contribution < 1.29 is 4.79 Å². The van der Waals surface area contributed by atoms with E-state index >= 15 is 0 Å². The van der Waals surface area contributed by atoms with Gasteiger partial charge in [-0.2, -0.15) is 0 Å². The minimum absolute atomic E-state index is 0.0309. The first kappa shape index (κ1) is 20.5. The Balaban J connectivity index is 1.21. The Labute approximate surface area is 188 Å². The number of hydrogen-bond acceptors (Lipinski definition) is 4. The number of benzene rings is 1. The van der Waals surface area contributed by atoms with Crippen LogP contribution in [0.15, 0.2) is 30.3 Å². The van der Waals surface area contributed by atoms with Crippen molar-refractivity contribution in [1.82, 2.24) is 10.3 Å². The summed E-state index contributed by atoms with van der Waals surface area (Å²) in [6, 6.07) is 11.1. The van der Waals surface area contributed by atoms with Crippen molar-refractivity contribution in [2.75, 3.05) is 24.5 Å². The number of nitrogens with zero attached hydrogens (tertiary/aromatic N) is 2. The second-order valence-electron chi connectivity index (χ2n) is 8.93. The van der Waals surface area contributed by atoms with Crippen LogP contribution in [0.25, 0.3) is 10.2 Å². The van der Waals surface area contributed by atoms with E-state index in [0.29, 0.717) is 6.54 Å². The second kappa shape index (κ2) is 8.99. The van der Waals surface area contributed by atoms with Gasteiger partial charge in [-0.1, -0.05) is 12.1 Å². The highest BCUT2D eigenvalue weighted by molar-refractivity contribution is 7.20. The zero-order valence-corrected chi connectivity index (χ0v) is 19.2. The Morgan fingerprint density at radius 3 is 2.65 bits per heavy atom. The van der Waals surface area contributed by atoms with Gasteiger partial charge in [-0.15, -0.1) is 11.3 Å². The number of anilines is 1.